The number of hydrogen-bond acceptors (Lipinski definition) is 3. The molecule has 0 aromatic heterocycles. The molecule has 0 unspecified atom stereocenters. The van der Waals surface area contributed by atoms with Crippen molar-refractivity contribution in [1.29, 1.82) is 0 Å². The highest BCUT2D eigenvalue weighted by Gasteiger charge is 2.28. The standard InChI is InChI=1S/C24H29FN2O3/c1-24(2,3)18-7-10-21(30-4)20(15-18)26-22(28)16-11-13-27(14-12-16)23(29)17-5-8-19(25)9-6-17/h5-10,15-16H,11-14H2,1-4H3,(H,26,28). The molecule has 1 aliphatic rings. The Morgan fingerprint density at radius 1 is 1.07 bits per heavy atom. The van der Waals surface area contributed by atoms with Crippen LogP contribution in [0.5, 0.6) is 5.75 Å². The van der Waals surface area contributed by atoms with E-state index in [9.17, 15) is 14.0 Å². The van der Waals surface area contributed by atoms with E-state index in [0.717, 1.165) is 5.56 Å². The minimum atomic E-state index is -0.368. The van der Waals surface area contributed by atoms with E-state index >= 15 is 0 Å². The average Bonchev–Trinajstić information content (AvgIpc) is 2.73. The van der Waals surface area contributed by atoms with Gasteiger partial charge in [0.1, 0.15) is 11.6 Å². The Hall–Kier alpha value is -2.89. The summed E-state index contributed by atoms with van der Waals surface area (Å²) >= 11 is 0. The molecule has 0 radical (unpaired) electrons. The third kappa shape index (κ3) is 4.99. The zero-order valence-corrected chi connectivity index (χ0v) is 18.0. The van der Waals surface area contributed by atoms with Crippen LogP contribution in [0.3, 0.4) is 0 Å². The molecule has 160 valence electrons. The van der Waals surface area contributed by atoms with Crippen LogP contribution in [0.4, 0.5) is 10.1 Å². The van der Waals surface area contributed by atoms with Crippen LogP contribution in [0.25, 0.3) is 0 Å². The quantitative estimate of drug-likeness (QED) is 0.797. The van der Waals surface area contributed by atoms with Crippen LogP contribution in [0.2, 0.25) is 0 Å². The van der Waals surface area contributed by atoms with Gasteiger partial charge in [-0.15, -0.1) is 0 Å². The molecule has 0 spiro atoms. The molecular weight excluding hydrogens is 383 g/mol. The van der Waals surface area contributed by atoms with Gasteiger partial charge in [-0.3, -0.25) is 9.59 Å². The molecule has 2 aromatic carbocycles. The number of piperidine rings is 1. The fraction of sp³-hybridized carbons (Fsp3) is 0.417. The molecule has 3 rings (SSSR count). The lowest BCUT2D eigenvalue weighted by atomic mass is 9.86. The van der Waals surface area contributed by atoms with Gasteiger partial charge in [-0.25, -0.2) is 4.39 Å². The second-order valence-electron chi connectivity index (χ2n) is 8.73. The SMILES string of the molecule is COc1ccc(C(C)(C)C)cc1NC(=O)C1CCN(C(=O)c2ccc(F)cc2)CC1. The predicted molar refractivity (Wildman–Crippen MR) is 115 cm³/mol. The van der Waals surface area contributed by atoms with E-state index in [1.54, 1.807) is 12.0 Å². The number of halogens is 1. The Kier molecular flexibility index (Phi) is 6.44. The van der Waals surface area contributed by atoms with Crippen LogP contribution in [0.1, 0.15) is 49.5 Å². The van der Waals surface area contributed by atoms with Crippen LogP contribution in [0, 0.1) is 11.7 Å². The van der Waals surface area contributed by atoms with Crippen LogP contribution < -0.4 is 10.1 Å². The number of nitrogens with zero attached hydrogens (tertiary/aromatic N) is 1. The maximum absolute atomic E-state index is 13.1. The van der Waals surface area contributed by atoms with E-state index in [0.29, 0.717) is 42.9 Å². The number of rotatable bonds is 4. The van der Waals surface area contributed by atoms with Gasteiger partial charge in [0.2, 0.25) is 5.91 Å². The third-order valence-corrected chi connectivity index (χ3v) is 5.57. The first-order chi connectivity index (χ1) is 14.2. The largest absolute Gasteiger partial charge is 0.495 e. The third-order valence-electron chi connectivity index (χ3n) is 5.57. The van der Waals surface area contributed by atoms with Crippen LogP contribution in [0.15, 0.2) is 42.5 Å². The first-order valence-electron chi connectivity index (χ1n) is 10.2. The number of likely N-dealkylation sites (tertiary alicyclic amines) is 1. The Bertz CT molecular complexity index is 911. The van der Waals surface area contributed by atoms with Gasteiger partial charge >= 0.3 is 0 Å². The molecule has 1 fully saturated rings. The second kappa shape index (κ2) is 8.86. The highest BCUT2D eigenvalue weighted by Crippen LogP contribution is 2.32. The summed E-state index contributed by atoms with van der Waals surface area (Å²) in [6.07, 6.45) is 1.17. The molecule has 2 amide bonds. The number of carbonyl (C=O) groups is 2. The van der Waals surface area contributed by atoms with Crippen molar-refractivity contribution in [3.8, 4) is 5.75 Å². The minimum absolute atomic E-state index is 0.0438. The zero-order chi connectivity index (χ0) is 21.9. The van der Waals surface area contributed by atoms with Gasteiger partial charge in [0.25, 0.3) is 5.91 Å². The van der Waals surface area contributed by atoms with Crippen molar-refractivity contribution in [2.75, 3.05) is 25.5 Å². The van der Waals surface area contributed by atoms with E-state index in [2.05, 4.69) is 26.1 Å². The summed E-state index contributed by atoms with van der Waals surface area (Å²) in [5, 5.41) is 3.02. The normalized spacial score (nSPS) is 15.0. The van der Waals surface area contributed by atoms with Crippen molar-refractivity contribution in [2.45, 2.75) is 39.0 Å². The van der Waals surface area contributed by atoms with Crippen LogP contribution in [-0.4, -0.2) is 36.9 Å². The minimum Gasteiger partial charge on any atom is -0.495 e. The van der Waals surface area contributed by atoms with E-state index in [1.165, 1.54) is 24.3 Å². The number of amides is 2. The van der Waals surface area contributed by atoms with Crippen LogP contribution >= 0.6 is 0 Å². The molecule has 0 atom stereocenters. The number of nitrogens with one attached hydrogen (secondary N) is 1. The molecule has 1 saturated heterocycles. The molecule has 2 aromatic rings. The lowest BCUT2D eigenvalue weighted by molar-refractivity contribution is -0.121. The highest BCUT2D eigenvalue weighted by atomic mass is 19.1. The Labute approximate surface area is 177 Å². The van der Waals surface area contributed by atoms with Gasteiger partial charge in [0, 0.05) is 24.6 Å². The lowest BCUT2D eigenvalue weighted by Crippen LogP contribution is -2.41. The fourth-order valence-corrected chi connectivity index (χ4v) is 3.63. The first-order valence-corrected chi connectivity index (χ1v) is 10.2. The smallest absolute Gasteiger partial charge is 0.253 e. The lowest BCUT2D eigenvalue weighted by Gasteiger charge is -2.31. The zero-order valence-electron chi connectivity index (χ0n) is 18.0. The average molecular weight is 413 g/mol. The summed E-state index contributed by atoms with van der Waals surface area (Å²) in [5.41, 5.74) is 2.19. The van der Waals surface area contributed by atoms with Crippen molar-refractivity contribution in [3.05, 3.63) is 59.4 Å². The van der Waals surface area contributed by atoms with Gasteiger partial charge in [-0.05, 0) is 60.2 Å². The molecule has 30 heavy (non-hydrogen) atoms. The Balaban J connectivity index is 1.63. The number of carbonyl (C=O) groups excluding carboxylic acids is 2. The Morgan fingerprint density at radius 2 is 1.70 bits per heavy atom. The van der Waals surface area contributed by atoms with Crippen molar-refractivity contribution >= 4 is 17.5 Å². The van der Waals surface area contributed by atoms with Gasteiger partial charge < -0.3 is 15.0 Å². The van der Waals surface area contributed by atoms with E-state index in [-0.39, 0.29) is 29.0 Å². The molecule has 1 heterocycles. The van der Waals surface area contributed by atoms with Crippen molar-refractivity contribution in [1.82, 2.24) is 4.90 Å². The van der Waals surface area contributed by atoms with Crippen LogP contribution in [-0.2, 0) is 10.2 Å². The number of methoxy groups -OCH3 is 1. The van der Waals surface area contributed by atoms with Gasteiger partial charge in [-0.2, -0.15) is 0 Å². The summed E-state index contributed by atoms with van der Waals surface area (Å²) in [6, 6.07) is 11.4. The summed E-state index contributed by atoms with van der Waals surface area (Å²) in [7, 11) is 1.58. The number of hydrogen-bond donors (Lipinski definition) is 1. The monoisotopic (exact) mass is 412 g/mol. The molecular formula is C24H29FN2O3. The number of benzene rings is 2. The summed E-state index contributed by atoms with van der Waals surface area (Å²) < 4.78 is 18.5. The summed E-state index contributed by atoms with van der Waals surface area (Å²) in [6.45, 7) is 7.34. The van der Waals surface area contributed by atoms with Crippen molar-refractivity contribution in [3.63, 3.8) is 0 Å². The summed E-state index contributed by atoms with van der Waals surface area (Å²) in [5.74, 6) is -0.111. The number of anilines is 1. The second-order valence-corrected chi connectivity index (χ2v) is 8.73. The van der Waals surface area contributed by atoms with Crippen molar-refractivity contribution in [2.24, 2.45) is 5.92 Å². The molecule has 6 heteroatoms. The van der Waals surface area contributed by atoms with Gasteiger partial charge in [-0.1, -0.05) is 26.8 Å². The molecule has 0 bridgehead atoms. The fourth-order valence-electron chi connectivity index (χ4n) is 3.63. The highest BCUT2D eigenvalue weighted by molar-refractivity contribution is 5.96. The van der Waals surface area contributed by atoms with Gasteiger partial charge in [0.15, 0.2) is 0 Å². The Morgan fingerprint density at radius 3 is 2.27 bits per heavy atom. The number of ether oxygens (including phenoxy) is 1. The maximum atomic E-state index is 13.1. The molecule has 1 aliphatic heterocycles. The van der Waals surface area contributed by atoms with E-state index < -0.39 is 0 Å². The topological polar surface area (TPSA) is 58.6 Å². The van der Waals surface area contributed by atoms with E-state index in [1.807, 2.05) is 18.2 Å². The first kappa shape index (κ1) is 21.8. The predicted octanol–water partition coefficient (Wildman–Crippen LogP) is 4.62. The molecule has 5 nitrogen and oxygen atoms in total. The molecule has 0 aliphatic carbocycles. The summed E-state index contributed by atoms with van der Waals surface area (Å²) in [4.78, 5) is 27.2. The maximum Gasteiger partial charge on any atom is 0.253 e. The van der Waals surface area contributed by atoms with E-state index in [4.69, 9.17) is 4.74 Å². The molecule has 1 N–H and O–H groups in total. The molecule has 0 saturated carbocycles. The van der Waals surface area contributed by atoms with Gasteiger partial charge in [0.05, 0.1) is 12.8 Å². The van der Waals surface area contributed by atoms with Crippen molar-refractivity contribution < 1.29 is 18.7 Å².